The second-order valence-corrected chi connectivity index (χ2v) is 6.31. The highest BCUT2D eigenvalue weighted by molar-refractivity contribution is 7.22. The molecule has 2 aromatic carbocycles. The zero-order valence-electron chi connectivity index (χ0n) is 13.6. The van der Waals surface area contributed by atoms with Gasteiger partial charge in [0, 0.05) is 11.6 Å². The van der Waals surface area contributed by atoms with Crippen molar-refractivity contribution < 1.29 is 14.5 Å². The number of fused-ring (bicyclic) bond motifs is 1. The average molecular weight is 357 g/mol. The van der Waals surface area contributed by atoms with Crippen LogP contribution in [0.25, 0.3) is 10.2 Å². The van der Waals surface area contributed by atoms with Crippen LogP contribution in [0.5, 0.6) is 5.75 Å². The Morgan fingerprint density at radius 1 is 1.32 bits per heavy atom. The number of methoxy groups -OCH3 is 1. The number of anilines is 1. The Kier molecular flexibility index (Phi) is 4.62. The van der Waals surface area contributed by atoms with Gasteiger partial charge in [0.25, 0.3) is 11.6 Å². The summed E-state index contributed by atoms with van der Waals surface area (Å²) in [5.41, 5.74) is 2.07. The number of nitro benzene ring substituents is 1. The average Bonchev–Trinajstić information content (AvgIpc) is 3.03. The number of hydrogen-bond donors (Lipinski definition) is 1. The van der Waals surface area contributed by atoms with E-state index in [1.165, 1.54) is 19.2 Å². The normalized spacial score (nSPS) is 10.6. The van der Waals surface area contributed by atoms with E-state index in [0.717, 1.165) is 23.3 Å². The molecule has 0 aliphatic carbocycles. The van der Waals surface area contributed by atoms with Crippen LogP contribution in [0.2, 0.25) is 0 Å². The molecule has 1 N–H and O–H groups in total. The lowest BCUT2D eigenvalue weighted by molar-refractivity contribution is -0.384. The number of aryl methyl sites for hydroxylation is 1. The summed E-state index contributed by atoms with van der Waals surface area (Å²) in [7, 11) is 1.42. The van der Waals surface area contributed by atoms with Gasteiger partial charge in [0.2, 0.25) is 0 Å². The Bertz CT molecular complexity index is 950. The number of amides is 1. The lowest BCUT2D eigenvalue weighted by atomic mass is 10.1. The van der Waals surface area contributed by atoms with Crippen LogP contribution in [0.3, 0.4) is 0 Å². The number of ether oxygens (including phenoxy) is 1. The van der Waals surface area contributed by atoms with Crippen LogP contribution in [-0.4, -0.2) is 22.9 Å². The molecule has 0 unspecified atom stereocenters. The minimum Gasteiger partial charge on any atom is -0.494 e. The Morgan fingerprint density at radius 3 is 2.64 bits per heavy atom. The van der Waals surface area contributed by atoms with Crippen molar-refractivity contribution in [2.75, 3.05) is 12.4 Å². The molecule has 0 bridgehead atoms. The molecule has 3 aromatic rings. The van der Waals surface area contributed by atoms with Gasteiger partial charge in [0.05, 0.1) is 22.8 Å². The number of hydrogen-bond acceptors (Lipinski definition) is 6. The predicted octanol–water partition coefficient (Wildman–Crippen LogP) is 4.03. The Hall–Kier alpha value is -3.00. The molecule has 0 fully saturated rings. The van der Waals surface area contributed by atoms with Crippen LogP contribution in [0, 0.1) is 10.1 Å². The maximum Gasteiger partial charge on any atom is 0.274 e. The molecular formula is C17H15N3O4S. The standard InChI is InChI=1S/C17H15N3O4S/c1-3-10-4-6-11(7-5-10)16(21)19-17-18-15-13(24-2)8-12(20(22)23)9-14(15)25-17/h4-9H,3H2,1-2H3,(H,18,19,21). The predicted molar refractivity (Wildman–Crippen MR) is 96.6 cm³/mol. The van der Waals surface area contributed by atoms with Crippen molar-refractivity contribution in [1.82, 2.24) is 4.98 Å². The molecule has 1 amide bonds. The van der Waals surface area contributed by atoms with Crippen LogP contribution in [0.4, 0.5) is 10.8 Å². The van der Waals surface area contributed by atoms with Gasteiger partial charge in [0.1, 0.15) is 5.52 Å². The molecule has 25 heavy (non-hydrogen) atoms. The van der Waals surface area contributed by atoms with Crippen molar-refractivity contribution in [3.8, 4) is 5.75 Å². The zero-order valence-corrected chi connectivity index (χ0v) is 14.4. The van der Waals surface area contributed by atoms with E-state index in [2.05, 4.69) is 10.3 Å². The fraction of sp³-hybridized carbons (Fsp3) is 0.176. The van der Waals surface area contributed by atoms with Gasteiger partial charge >= 0.3 is 0 Å². The Balaban J connectivity index is 1.90. The molecule has 7 nitrogen and oxygen atoms in total. The third-order valence-corrected chi connectivity index (χ3v) is 4.64. The first-order valence-corrected chi connectivity index (χ1v) is 8.36. The third-order valence-electron chi connectivity index (χ3n) is 3.72. The lowest BCUT2D eigenvalue weighted by Gasteiger charge is -2.02. The van der Waals surface area contributed by atoms with E-state index in [1.54, 1.807) is 12.1 Å². The van der Waals surface area contributed by atoms with Crippen LogP contribution < -0.4 is 10.1 Å². The molecule has 0 radical (unpaired) electrons. The Morgan fingerprint density at radius 2 is 2.04 bits per heavy atom. The first kappa shape index (κ1) is 16.8. The summed E-state index contributed by atoms with van der Waals surface area (Å²) >= 11 is 1.16. The topological polar surface area (TPSA) is 94.4 Å². The molecule has 1 aromatic heterocycles. The number of nitrogens with zero attached hydrogens (tertiary/aromatic N) is 2. The van der Waals surface area contributed by atoms with Crippen LogP contribution in [-0.2, 0) is 6.42 Å². The number of thiazole rings is 1. The van der Waals surface area contributed by atoms with Gasteiger partial charge in [-0.3, -0.25) is 20.2 Å². The molecule has 3 rings (SSSR count). The van der Waals surface area contributed by atoms with Crippen molar-refractivity contribution in [1.29, 1.82) is 0 Å². The summed E-state index contributed by atoms with van der Waals surface area (Å²) in [5, 5.41) is 14.1. The lowest BCUT2D eigenvalue weighted by Crippen LogP contribution is -2.11. The van der Waals surface area contributed by atoms with E-state index in [9.17, 15) is 14.9 Å². The van der Waals surface area contributed by atoms with E-state index >= 15 is 0 Å². The molecule has 8 heteroatoms. The first-order chi connectivity index (χ1) is 12.0. The van der Waals surface area contributed by atoms with Crippen LogP contribution in [0.1, 0.15) is 22.8 Å². The number of non-ortho nitro benzene ring substituents is 1. The van der Waals surface area contributed by atoms with E-state index in [-0.39, 0.29) is 11.6 Å². The smallest absolute Gasteiger partial charge is 0.274 e. The highest BCUT2D eigenvalue weighted by Gasteiger charge is 2.17. The molecule has 0 saturated carbocycles. The van der Waals surface area contributed by atoms with Crippen molar-refractivity contribution >= 4 is 38.3 Å². The van der Waals surface area contributed by atoms with Crippen molar-refractivity contribution in [3.05, 3.63) is 57.6 Å². The number of carbonyl (C=O) groups excluding carboxylic acids is 1. The highest BCUT2D eigenvalue weighted by Crippen LogP contribution is 2.36. The monoisotopic (exact) mass is 357 g/mol. The van der Waals surface area contributed by atoms with E-state index < -0.39 is 4.92 Å². The summed E-state index contributed by atoms with van der Waals surface area (Å²) in [5.74, 6) is 0.0171. The van der Waals surface area contributed by atoms with Gasteiger partial charge in [-0.2, -0.15) is 0 Å². The molecule has 0 spiro atoms. The van der Waals surface area contributed by atoms with Crippen molar-refractivity contribution in [3.63, 3.8) is 0 Å². The van der Waals surface area contributed by atoms with Gasteiger partial charge in [-0.25, -0.2) is 4.98 Å². The fourth-order valence-electron chi connectivity index (χ4n) is 2.36. The fourth-order valence-corrected chi connectivity index (χ4v) is 3.27. The van der Waals surface area contributed by atoms with E-state index in [1.807, 2.05) is 19.1 Å². The summed E-state index contributed by atoms with van der Waals surface area (Å²) in [4.78, 5) is 27.2. The number of carbonyl (C=O) groups is 1. The minimum absolute atomic E-state index is 0.0824. The van der Waals surface area contributed by atoms with Crippen molar-refractivity contribution in [2.24, 2.45) is 0 Å². The molecule has 0 aliphatic rings. The molecule has 128 valence electrons. The van der Waals surface area contributed by atoms with Gasteiger partial charge in [-0.15, -0.1) is 0 Å². The van der Waals surface area contributed by atoms with Crippen LogP contribution >= 0.6 is 11.3 Å². The number of nitro groups is 1. The molecule has 0 aliphatic heterocycles. The second-order valence-electron chi connectivity index (χ2n) is 5.28. The number of rotatable bonds is 5. The van der Waals surface area contributed by atoms with Gasteiger partial charge in [-0.1, -0.05) is 30.4 Å². The van der Waals surface area contributed by atoms with Gasteiger partial charge < -0.3 is 4.74 Å². The maximum atomic E-state index is 12.3. The summed E-state index contributed by atoms with van der Waals surface area (Å²) in [6.45, 7) is 2.04. The summed E-state index contributed by atoms with van der Waals surface area (Å²) in [6, 6.07) is 10.1. The Labute approximate surface area is 147 Å². The zero-order chi connectivity index (χ0) is 18.0. The van der Waals surface area contributed by atoms with E-state index in [4.69, 9.17) is 4.74 Å². The first-order valence-electron chi connectivity index (χ1n) is 7.55. The van der Waals surface area contributed by atoms with Gasteiger partial charge in [0.15, 0.2) is 10.9 Å². The minimum atomic E-state index is -0.491. The third kappa shape index (κ3) is 3.43. The number of benzene rings is 2. The maximum absolute atomic E-state index is 12.3. The number of aromatic nitrogens is 1. The van der Waals surface area contributed by atoms with E-state index in [0.29, 0.717) is 26.7 Å². The summed E-state index contributed by atoms with van der Waals surface area (Å²) < 4.78 is 5.75. The highest BCUT2D eigenvalue weighted by atomic mass is 32.1. The second kappa shape index (κ2) is 6.86. The largest absolute Gasteiger partial charge is 0.494 e. The molecule has 0 atom stereocenters. The van der Waals surface area contributed by atoms with Crippen LogP contribution in [0.15, 0.2) is 36.4 Å². The molecule has 1 heterocycles. The molecule has 0 saturated heterocycles. The van der Waals surface area contributed by atoms with Crippen molar-refractivity contribution in [2.45, 2.75) is 13.3 Å². The SMILES string of the molecule is CCc1ccc(C(=O)Nc2nc3c(OC)cc([N+](=O)[O-])cc3s2)cc1. The molecular weight excluding hydrogens is 342 g/mol. The number of nitrogens with one attached hydrogen (secondary N) is 1. The quantitative estimate of drug-likeness (QED) is 0.549. The summed E-state index contributed by atoms with van der Waals surface area (Å²) in [6.07, 6.45) is 0.901. The van der Waals surface area contributed by atoms with Gasteiger partial charge in [-0.05, 0) is 24.1 Å².